The van der Waals surface area contributed by atoms with Gasteiger partial charge in [-0.25, -0.2) is 19.6 Å². The number of amides is 3. The van der Waals surface area contributed by atoms with Gasteiger partial charge in [-0.2, -0.15) is 0 Å². The standard InChI is InChI=1S/C33H57N5O7S/c1-8-11-12-15-19-44-38(31(40)28(23(6)10-3)36-29(39)25-16-13-14-18-37(25)7)26(22(4)5)20-27(45-33(43)34-17-9-2)30-35-24(21-46-30)32(41)42/h21-23,25-28H,8-20H2,1-7H3,(H,34,43)(H,36,39)(H,41,42)/t23-,25+,26+,27+,28-/m0/s1. The van der Waals surface area contributed by atoms with E-state index in [1.165, 1.54) is 10.4 Å². The number of rotatable bonds is 20. The summed E-state index contributed by atoms with van der Waals surface area (Å²) >= 11 is 1.09. The monoisotopic (exact) mass is 667 g/mol. The number of nitrogens with one attached hydrogen (secondary N) is 2. The first-order valence-electron chi connectivity index (χ1n) is 17.0. The Balaban J connectivity index is 2.46. The topological polar surface area (TPSA) is 150 Å². The van der Waals surface area contributed by atoms with Crippen LogP contribution in [0.25, 0.3) is 0 Å². The van der Waals surface area contributed by atoms with Crippen LogP contribution in [0.2, 0.25) is 0 Å². The van der Waals surface area contributed by atoms with Crippen molar-refractivity contribution in [3.63, 3.8) is 0 Å². The Hall–Kier alpha value is -2.77. The second kappa shape index (κ2) is 20.5. The van der Waals surface area contributed by atoms with Crippen molar-refractivity contribution in [3.05, 3.63) is 16.1 Å². The number of hydrogen-bond acceptors (Lipinski definition) is 9. The second-order valence-corrected chi connectivity index (χ2v) is 13.6. The third-order valence-electron chi connectivity index (χ3n) is 8.61. The molecule has 0 aromatic carbocycles. The van der Waals surface area contributed by atoms with Crippen molar-refractivity contribution in [2.24, 2.45) is 11.8 Å². The zero-order chi connectivity index (χ0) is 34.2. The normalized spacial score (nSPS) is 18.0. The molecule has 0 aliphatic carbocycles. The molecule has 1 aliphatic heterocycles. The first-order valence-corrected chi connectivity index (χ1v) is 17.9. The van der Waals surface area contributed by atoms with Crippen LogP contribution in [0.4, 0.5) is 4.79 Å². The van der Waals surface area contributed by atoms with Crippen molar-refractivity contribution >= 4 is 35.2 Å². The number of hydrogen-bond donors (Lipinski definition) is 3. The minimum atomic E-state index is -1.18. The van der Waals surface area contributed by atoms with Gasteiger partial charge in [0.15, 0.2) is 11.8 Å². The lowest BCUT2D eigenvalue weighted by atomic mass is 9.93. The van der Waals surface area contributed by atoms with Gasteiger partial charge in [-0.3, -0.25) is 19.3 Å². The van der Waals surface area contributed by atoms with Crippen LogP contribution >= 0.6 is 11.3 Å². The first-order chi connectivity index (χ1) is 21.9. The van der Waals surface area contributed by atoms with E-state index in [0.29, 0.717) is 31.0 Å². The molecule has 1 aromatic rings. The lowest BCUT2D eigenvalue weighted by Gasteiger charge is -2.39. The molecule has 46 heavy (non-hydrogen) atoms. The average molecular weight is 668 g/mol. The summed E-state index contributed by atoms with van der Waals surface area (Å²) in [6.07, 6.45) is 6.44. The van der Waals surface area contributed by atoms with Gasteiger partial charge in [0.25, 0.3) is 5.91 Å². The fourth-order valence-corrected chi connectivity index (χ4v) is 6.31. The Kier molecular flexibility index (Phi) is 17.5. The maximum atomic E-state index is 14.5. The number of aromatic carboxylic acids is 1. The minimum absolute atomic E-state index is 0.122. The molecule has 12 nitrogen and oxygen atoms in total. The summed E-state index contributed by atoms with van der Waals surface area (Å²) in [5.74, 6) is -2.02. The Bertz CT molecular complexity index is 1100. The number of ether oxygens (including phenoxy) is 1. The van der Waals surface area contributed by atoms with E-state index in [-0.39, 0.29) is 41.8 Å². The Morgan fingerprint density at radius 2 is 1.85 bits per heavy atom. The van der Waals surface area contributed by atoms with E-state index in [9.17, 15) is 24.3 Å². The third kappa shape index (κ3) is 12.1. The number of likely N-dealkylation sites (tertiary alicyclic amines) is 1. The number of unbranched alkanes of at least 4 members (excludes halogenated alkanes) is 3. The third-order valence-corrected chi connectivity index (χ3v) is 9.54. The summed E-state index contributed by atoms with van der Waals surface area (Å²) in [5.41, 5.74) is -0.143. The summed E-state index contributed by atoms with van der Waals surface area (Å²) < 4.78 is 5.82. The van der Waals surface area contributed by atoms with Gasteiger partial charge in [0, 0.05) is 18.3 Å². The van der Waals surface area contributed by atoms with Crippen LogP contribution in [-0.4, -0.2) is 88.8 Å². The molecule has 0 bridgehead atoms. The van der Waals surface area contributed by atoms with Crippen molar-refractivity contribution in [1.29, 1.82) is 0 Å². The number of likely N-dealkylation sites (N-methyl/N-ethyl adjacent to an activating group) is 1. The first kappa shape index (κ1) is 39.4. The second-order valence-electron chi connectivity index (χ2n) is 12.7. The number of thiazole rings is 1. The van der Waals surface area contributed by atoms with Crippen molar-refractivity contribution < 1.29 is 33.9 Å². The summed E-state index contributed by atoms with van der Waals surface area (Å²) in [4.78, 5) is 65.1. The number of hydroxylamine groups is 2. The van der Waals surface area contributed by atoms with Gasteiger partial charge < -0.3 is 20.5 Å². The Morgan fingerprint density at radius 3 is 2.43 bits per heavy atom. The molecule has 0 spiro atoms. The number of nitrogens with zero attached hydrogens (tertiary/aromatic N) is 3. The van der Waals surface area contributed by atoms with Gasteiger partial charge in [0.05, 0.1) is 18.7 Å². The molecular formula is C33H57N5O7S. The molecule has 2 heterocycles. The number of carbonyl (C=O) groups excluding carboxylic acids is 3. The van der Waals surface area contributed by atoms with Crippen LogP contribution in [0.1, 0.15) is 127 Å². The molecule has 1 aliphatic rings. The number of carbonyl (C=O) groups is 4. The smallest absolute Gasteiger partial charge is 0.407 e. The zero-order valence-corrected chi connectivity index (χ0v) is 29.7. The Labute approximate surface area is 278 Å². The van der Waals surface area contributed by atoms with Gasteiger partial charge in [-0.1, -0.05) is 73.6 Å². The zero-order valence-electron chi connectivity index (χ0n) is 28.9. The number of aromatic nitrogens is 1. The molecule has 5 atom stereocenters. The predicted octanol–water partition coefficient (Wildman–Crippen LogP) is 5.79. The molecule has 0 unspecified atom stereocenters. The van der Waals surface area contributed by atoms with Crippen LogP contribution < -0.4 is 10.6 Å². The van der Waals surface area contributed by atoms with Crippen molar-refractivity contribution in [3.8, 4) is 0 Å². The van der Waals surface area contributed by atoms with Gasteiger partial charge in [-0.05, 0) is 51.1 Å². The maximum Gasteiger partial charge on any atom is 0.407 e. The molecule has 1 aromatic heterocycles. The molecule has 3 N–H and O–H groups in total. The number of carboxylic acids is 1. The molecule has 0 saturated carbocycles. The van der Waals surface area contributed by atoms with Gasteiger partial charge in [-0.15, -0.1) is 11.3 Å². The lowest BCUT2D eigenvalue weighted by Crippen LogP contribution is -2.58. The highest BCUT2D eigenvalue weighted by atomic mass is 32.1. The molecule has 13 heteroatoms. The van der Waals surface area contributed by atoms with Crippen LogP contribution in [0, 0.1) is 11.8 Å². The molecule has 262 valence electrons. The van der Waals surface area contributed by atoms with Gasteiger partial charge in [0.1, 0.15) is 11.0 Å². The summed E-state index contributed by atoms with van der Waals surface area (Å²) in [6.45, 7) is 13.4. The van der Waals surface area contributed by atoms with E-state index < -0.39 is 30.3 Å². The van der Waals surface area contributed by atoms with E-state index >= 15 is 0 Å². The van der Waals surface area contributed by atoms with E-state index in [1.54, 1.807) is 0 Å². The molecule has 3 amide bonds. The van der Waals surface area contributed by atoms with E-state index in [4.69, 9.17) is 9.57 Å². The highest BCUT2D eigenvalue weighted by Gasteiger charge is 2.40. The Morgan fingerprint density at radius 1 is 1.11 bits per heavy atom. The quantitative estimate of drug-likeness (QED) is 0.116. The van der Waals surface area contributed by atoms with Crippen molar-refractivity contribution in [2.75, 3.05) is 26.7 Å². The largest absolute Gasteiger partial charge is 0.476 e. The molecule has 2 rings (SSSR count). The fourth-order valence-electron chi connectivity index (χ4n) is 5.48. The number of piperidine rings is 1. The number of alkyl carbamates (subject to hydrolysis) is 1. The minimum Gasteiger partial charge on any atom is -0.476 e. The van der Waals surface area contributed by atoms with Crippen LogP contribution in [-0.2, 0) is 19.2 Å². The summed E-state index contributed by atoms with van der Waals surface area (Å²) in [6, 6.07) is -1.71. The highest BCUT2D eigenvalue weighted by Crippen LogP contribution is 2.32. The molecule has 1 saturated heterocycles. The molecule has 1 fully saturated rings. The van der Waals surface area contributed by atoms with Crippen LogP contribution in [0.15, 0.2) is 5.38 Å². The van der Waals surface area contributed by atoms with Crippen molar-refractivity contribution in [2.45, 2.75) is 130 Å². The highest BCUT2D eigenvalue weighted by molar-refractivity contribution is 7.09. The maximum absolute atomic E-state index is 14.5. The summed E-state index contributed by atoms with van der Waals surface area (Å²) in [5, 5.41) is 18.4. The lowest BCUT2D eigenvalue weighted by molar-refractivity contribution is -0.212. The summed E-state index contributed by atoms with van der Waals surface area (Å²) in [7, 11) is 1.94. The van der Waals surface area contributed by atoms with Crippen molar-refractivity contribution in [1.82, 2.24) is 25.6 Å². The van der Waals surface area contributed by atoms with E-state index in [1.807, 2.05) is 46.6 Å². The molecular weight excluding hydrogens is 610 g/mol. The van der Waals surface area contributed by atoms with Crippen LogP contribution in [0.3, 0.4) is 0 Å². The van der Waals surface area contributed by atoms with Gasteiger partial charge in [0.2, 0.25) is 5.91 Å². The SMILES string of the molecule is CCCCCCON(C(=O)[C@@H](NC(=O)[C@H]1CCCCN1C)[C@@H](C)CC)[C@H](C[C@@H](OC(=O)NCCC)c1nc(C(=O)O)cs1)C(C)C. The fraction of sp³-hybridized carbons (Fsp3) is 0.788. The number of carboxylic acid groups (broad SMARTS) is 1. The predicted molar refractivity (Wildman–Crippen MR) is 178 cm³/mol. The van der Waals surface area contributed by atoms with Gasteiger partial charge >= 0.3 is 12.1 Å². The average Bonchev–Trinajstić information content (AvgIpc) is 3.53. The van der Waals surface area contributed by atoms with E-state index in [0.717, 1.165) is 62.8 Å². The van der Waals surface area contributed by atoms with E-state index in [2.05, 4.69) is 22.5 Å². The molecule has 0 radical (unpaired) electrons. The van der Waals surface area contributed by atoms with Crippen LogP contribution in [0.5, 0.6) is 0 Å².